The molecule has 0 unspecified atom stereocenters. The molecule has 218 valence electrons. The first-order chi connectivity index (χ1) is 19.8. The number of nitrogens with one attached hydrogen (secondary N) is 2. The molecule has 3 aromatic rings. The Bertz CT molecular complexity index is 1360. The molecule has 3 rings (SSSR count). The predicted octanol–water partition coefficient (Wildman–Crippen LogP) is 2.92. The Morgan fingerprint density at radius 3 is 2.02 bits per heavy atom. The monoisotopic (exact) mass is 564 g/mol. The summed E-state index contributed by atoms with van der Waals surface area (Å²) in [6.45, 7) is 0.147. The van der Waals surface area contributed by atoms with Crippen molar-refractivity contribution in [2.24, 2.45) is 5.73 Å². The highest BCUT2D eigenvalue weighted by molar-refractivity contribution is 6.01. The number of amides is 2. The third-order valence-electron chi connectivity index (χ3n) is 6.46. The van der Waals surface area contributed by atoms with Crippen molar-refractivity contribution in [3.63, 3.8) is 0 Å². The summed E-state index contributed by atoms with van der Waals surface area (Å²) in [4.78, 5) is 28.3. The molecule has 1 atom stereocenters. The van der Waals surface area contributed by atoms with E-state index in [1.165, 1.54) is 28.4 Å². The normalized spacial score (nSPS) is 11.1. The summed E-state index contributed by atoms with van der Waals surface area (Å²) < 4.78 is 26.9. The van der Waals surface area contributed by atoms with Crippen LogP contribution >= 0.6 is 0 Å². The lowest BCUT2D eigenvalue weighted by Crippen LogP contribution is -2.55. The fourth-order valence-electron chi connectivity index (χ4n) is 4.46. The van der Waals surface area contributed by atoms with E-state index in [4.69, 9.17) is 34.8 Å². The number of methoxy groups -OCH3 is 5. The smallest absolute Gasteiger partial charge is 0.243 e. The molecule has 2 amide bonds. The Kier molecular flexibility index (Phi) is 10.8. The molecular weight excluding hydrogens is 528 g/mol. The number of ether oxygens (including phenoxy) is 5. The molecule has 0 radical (unpaired) electrons. The Morgan fingerprint density at radius 2 is 1.44 bits per heavy atom. The van der Waals surface area contributed by atoms with Gasteiger partial charge in [0, 0.05) is 18.5 Å². The Hall–Kier alpha value is -4.93. The van der Waals surface area contributed by atoms with Gasteiger partial charge < -0.3 is 34.7 Å². The fourth-order valence-corrected chi connectivity index (χ4v) is 4.46. The van der Waals surface area contributed by atoms with Crippen LogP contribution in [-0.4, -0.2) is 64.3 Å². The van der Waals surface area contributed by atoms with Crippen molar-refractivity contribution in [1.82, 2.24) is 10.2 Å². The summed E-state index contributed by atoms with van der Waals surface area (Å²) in [6.07, 6.45) is -0.0790. The van der Waals surface area contributed by atoms with E-state index in [-0.39, 0.29) is 19.4 Å². The number of benzene rings is 3. The standard InChI is InChI=1S/C30H36N4O7/c1-37-23-13-11-20(16-25(23)39-3)18-33-29(36)22(15-19-9-7-6-8-10-19)34(30(31)32)26(35)17-21-12-14-24(38-2)28(41-5)27(21)40-4/h6-14,16,22H,15,17-18H2,1-5H3,(H3,31,32)(H,33,36)/t22-/m1/s1. The zero-order valence-corrected chi connectivity index (χ0v) is 23.9. The average Bonchev–Trinajstić information content (AvgIpc) is 2.99. The lowest BCUT2D eigenvalue weighted by atomic mass is 10.0. The SMILES string of the molecule is COc1ccc(CNC(=O)[C@@H](Cc2ccccc2)N(C(=N)N)C(=O)Cc2ccc(OC)c(OC)c2OC)cc1OC. The number of hydrogen-bond donors (Lipinski definition) is 3. The van der Waals surface area contributed by atoms with Gasteiger partial charge in [-0.25, -0.2) is 0 Å². The molecular formula is C30H36N4O7. The highest BCUT2D eigenvalue weighted by Gasteiger charge is 2.33. The summed E-state index contributed by atoms with van der Waals surface area (Å²) in [5.74, 6) is 0.533. The first kappa shape index (κ1) is 30.6. The third-order valence-corrected chi connectivity index (χ3v) is 6.46. The van der Waals surface area contributed by atoms with E-state index in [2.05, 4.69) is 5.32 Å². The van der Waals surface area contributed by atoms with Crippen LogP contribution in [0.4, 0.5) is 0 Å². The van der Waals surface area contributed by atoms with Gasteiger partial charge in [0.2, 0.25) is 17.6 Å². The maximum atomic E-state index is 13.7. The van der Waals surface area contributed by atoms with Crippen molar-refractivity contribution >= 4 is 17.8 Å². The molecule has 0 saturated heterocycles. The van der Waals surface area contributed by atoms with E-state index in [9.17, 15) is 9.59 Å². The van der Waals surface area contributed by atoms with Crippen LogP contribution in [0.3, 0.4) is 0 Å². The minimum Gasteiger partial charge on any atom is -0.493 e. The van der Waals surface area contributed by atoms with Gasteiger partial charge in [0.25, 0.3) is 0 Å². The molecule has 0 aromatic heterocycles. The van der Waals surface area contributed by atoms with Crippen LogP contribution in [-0.2, 0) is 29.0 Å². The van der Waals surface area contributed by atoms with Crippen molar-refractivity contribution < 1.29 is 33.3 Å². The molecule has 0 spiro atoms. The number of carbonyl (C=O) groups is 2. The van der Waals surface area contributed by atoms with Crippen LogP contribution < -0.4 is 34.7 Å². The Balaban J connectivity index is 1.92. The first-order valence-electron chi connectivity index (χ1n) is 12.7. The van der Waals surface area contributed by atoms with Crippen molar-refractivity contribution in [3.8, 4) is 28.7 Å². The maximum Gasteiger partial charge on any atom is 0.243 e. The van der Waals surface area contributed by atoms with Crippen LogP contribution in [0.2, 0.25) is 0 Å². The summed E-state index contributed by atoms with van der Waals surface area (Å²) in [6, 6.07) is 16.7. The van der Waals surface area contributed by atoms with E-state index in [0.717, 1.165) is 16.0 Å². The second-order valence-electron chi connectivity index (χ2n) is 8.93. The van der Waals surface area contributed by atoms with Gasteiger partial charge in [-0.2, -0.15) is 0 Å². The van der Waals surface area contributed by atoms with Gasteiger partial charge in [-0.1, -0.05) is 42.5 Å². The number of guanidine groups is 1. The minimum atomic E-state index is -1.10. The van der Waals surface area contributed by atoms with E-state index in [1.807, 2.05) is 30.3 Å². The number of rotatable bonds is 13. The summed E-state index contributed by atoms with van der Waals surface area (Å²) in [5, 5.41) is 11.1. The lowest BCUT2D eigenvalue weighted by molar-refractivity contribution is -0.135. The van der Waals surface area contributed by atoms with Gasteiger partial charge in [0.15, 0.2) is 29.0 Å². The minimum absolute atomic E-state index is 0.132. The highest BCUT2D eigenvalue weighted by Crippen LogP contribution is 2.40. The van der Waals surface area contributed by atoms with Crippen molar-refractivity contribution in [2.75, 3.05) is 35.5 Å². The quantitative estimate of drug-likeness (QED) is 0.212. The Labute approximate surface area is 239 Å². The third kappa shape index (κ3) is 7.38. The van der Waals surface area contributed by atoms with E-state index >= 15 is 0 Å². The second-order valence-corrected chi connectivity index (χ2v) is 8.93. The number of nitrogens with zero attached hydrogens (tertiary/aromatic N) is 1. The van der Waals surface area contributed by atoms with Gasteiger partial charge in [0.05, 0.1) is 42.0 Å². The van der Waals surface area contributed by atoms with Gasteiger partial charge >= 0.3 is 0 Å². The molecule has 41 heavy (non-hydrogen) atoms. The molecule has 11 heteroatoms. The van der Waals surface area contributed by atoms with Crippen LogP contribution in [0.15, 0.2) is 60.7 Å². The molecule has 11 nitrogen and oxygen atoms in total. The molecule has 0 aliphatic rings. The molecule has 3 aromatic carbocycles. The van der Waals surface area contributed by atoms with Gasteiger partial charge in [-0.05, 0) is 29.3 Å². The molecule has 0 aliphatic heterocycles. The molecule has 0 heterocycles. The summed E-state index contributed by atoms with van der Waals surface area (Å²) in [5.41, 5.74) is 7.96. The number of hydrogen-bond acceptors (Lipinski definition) is 8. The van der Waals surface area contributed by atoms with Gasteiger partial charge in [0.1, 0.15) is 6.04 Å². The topological polar surface area (TPSA) is 145 Å². The van der Waals surface area contributed by atoms with E-state index < -0.39 is 23.8 Å². The lowest BCUT2D eigenvalue weighted by Gasteiger charge is -2.30. The second kappa shape index (κ2) is 14.5. The molecule has 4 N–H and O–H groups in total. The van der Waals surface area contributed by atoms with Crippen LogP contribution in [0.1, 0.15) is 16.7 Å². The molecule has 0 saturated carbocycles. The fraction of sp³-hybridized carbons (Fsp3) is 0.300. The summed E-state index contributed by atoms with van der Waals surface area (Å²) >= 11 is 0. The van der Waals surface area contributed by atoms with Crippen molar-refractivity contribution in [2.45, 2.75) is 25.4 Å². The number of nitrogens with two attached hydrogens (primary N) is 1. The van der Waals surface area contributed by atoms with Crippen LogP contribution in [0.5, 0.6) is 28.7 Å². The highest BCUT2D eigenvalue weighted by atomic mass is 16.5. The first-order valence-corrected chi connectivity index (χ1v) is 12.7. The van der Waals surface area contributed by atoms with Crippen LogP contribution in [0.25, 0.3) is 0 Å². The molecule has 0 bridgehead atoms. The van der Waals surface area contributed by atoms with Gasteiger partial charge in [-0.3, -0.25) is 19.9 Å². The maximum absolute atomic E-state index is 13.7. The average molecular weight is 565 g/mol. The number of carbonyl (C=O) groups excluding carboxylic acids is 2. The van der Waals surface area contributed by atoms with Crippen molar-refractivity contribution in [3.05, 3.63) is 77.4 Å². The van der Waals surface area contributed by atoms with E-state index in [1.54, 1.807) is 37.4 Å². The van der Waals surface area contributed by atoms with Crippen LogP contribution in [0, 0.1) is 5.41 Å². The Morgan fingerprint density at radius 1 is 0.805 bits per heavy atom. The predicted molar refractivity (Wildman–Crippen MR) is 154 cm³/mol. The van der Waals surface area contributed by atoms with Crippen molar-refractivity contribution in [1.29, 1.82) is 5.41 Å². The zero-order valence-electron chi connectivity index (χ0n) is 23.9. The largest absolute Gasteiger partial charge is 0.493 e. The molecule has 0 fully saturated rings. The van der Waals surface area contributed by atoms with Gasteiger partial charge in [-0.15, -0.1) is 0 Å². The summed E-state index contributed by atoms with van der Waals surface area (Å²) in [7, 11) is 7.48. The zero-order chi connectivity index (χ0) is 29.9. The molecule has 0 aliphatic carbocycles. The van der Waals surface area contributed by atoms with E-state index in [0.29, 0.717) is 34.3 Å².